The van der Waals surface area contributed by atoms with Gasteiger partial charge in [0.2, 0.25) is 0 Å². The van der Waals surface area contributed by atoms with Gasteiger partial charge in [0.05, 0.1) is 12.8 Å². The van der Waals surface area contributed by atoms with Crippen molar-refractivity contribution in [2.45, 2.75) is 13.8 Å². The van der Waals surface area contributed by atoms with E-state index in [0.717, 1.165) is 34.1 Å². The zero-order chi connectivity index (χ0) is 15.9. The topological polar surface area (TPSA) is 30.7 Å². The summed E-state index contributed by atoms with van der Waals surface area (Å²) in [5.74, 6) is 0.707. The Morgan fingerprint density at radius 2 is 1.91 bits per heavy atom. The van der Waals surface area contributed by atoms with E-state index < -0.39 is 0 Å². The predicted molar refractivity (Wildman–Crippen MR) is 89.3 cm³/mol. The van der Waals surface area contributed by atoms with E-state index in [0.29, 0.717) is 16.5 Å². The van der Waals surface area contributed by atoms with Crippen LogP contribution in [0.15, 0.2) is 36.5 Å². The Kier molecular flexibility index (Phi) is 3.67. The van der Waals surface area contributed by atoms with Crippen LogP contribution in [0, 0.1) is 13.8 Å². The molecule has 0 aliphatic heterocycles. The summed E-state index contributed by atoms with van der Waals surface area (Å²) in [6, 6.07) is 9.70. The lowest BCUT2D eigenvalue weighted by Gasteiger charge is -2.10. The van der Waals surface area contributed by atoms with Crippen molar-refractivity contribution in [3.63, 3.8) is 0 Å². The minimum atomic E-state index is 0.594. The Labute approximate surface area is 134 Å². The van der Waals surface area contributed by atoms with Gasteiger partial charge in [-0.25, -0.2) is 0 Å². The lowest BCUT2D eigenvalue weighted by molar-refractivity contribution is 0.111. The molecule has 0 aliphatic carbocycles. The minimum absolute atomic E-state index is 0.594. The second-order valence-corrected chi connectivity index (χ2v) is 5.72. The van der Waals surface area contributed by atoms with Crippen LogP contribution in [0.25, 0.3) is 16.6 Å². The highest BCUT2D eigenvalue weighted by atomic mass is 35.5. The maximum absolute atomic E-state index is 11.6. The van der Waals surface area contributed by atoms with Crippen LogP contribution in [0.2, 0.25) is 5.02 Å². The first kappa shape index (κ1) is 14.7. The fourth-order valence-electron chi connectivity index (χ4n) is 2.73. The zero-order valence-corrected chi connectivity index (χ0v) is 13.4. The van der Waals surface area contributed by atoms with E-state index >= 15 is 0 Å². The number of nitrogens with zero attached hydrogens (tertiary/aromatic N) is 1. The molecule has 2 heterocycles. The van der Waals surface area contributed by atoms with Crippen LogP contribution < -0.4 is 4.74 Å². The van der Waals surface area contributed by atoms with E-state index in [-0.39, 0.29) is 0 Å². The van der Waals surface area contributed by atoms with Crippen molar-refractivity contribution in [2.75, 3.05) is 7.11 Å². The van der Waals surface area contributed by atoms with Crippen LogP contribution in [-0.2, 0) is 0 Å². The van der Waals surface area contributed by atoms with E-state index in [4.69, 9.17) is 16.3 Å². The molecule has 0 amide bonds. The highest BCUT2D eigenvalue weighted by Crippen LogP contribution is 2.37. The van der Waals surface area contributed by atoms with Crippen molar-refractivity contribution in [1.29, 1.82) is 0 Å². The van der Waals surface area contributed by atoms with Crippen molar-refractivity contribution < 1.29 is 9.53 Å². The van der Waals surface area contributed by atoms with Gasteiger partial charge >= 0.3 is 0 Å². The van der Waals surface area contributed by atoms with Gasteiger partial charge in [0.1, 0.15) is 5.75 Å². The largest absolute Gasteiger partial charge is 0.496 e. The van der Waals surface area contributed by atoms with Crippen molar-refractivity contribution in [2.24, 2.45) is 0 Å². The molecule has 3 nitrogen and oxygen atoms in total. The molecule has 0 spiro atoms. The highest BCUT2D eigenvalue weighted by Gasteiger charge is 2.17. The lowest BCUT2D eigenvalue weighted by atomic mass is 10.0. The molecule has 2 aromatic heterocycles. The summed E-state index contributed by atoms with van der Waals surface area (Å²) >= 11 is 6.27. The van der Waals surface area contributed by atoms with E-state index in [1.165, 1.54) is 0 Å². The maximum Gasteiger partial charge on any atom is 0.167 e. The van der Waals surface area contributed by atoms with Gasteiger partial charge in [0.25, 0.3) is 0 Å². The Morgan fingerprint density at radius 1 is 1.14 bits per heavy atom. The summed E-state index contributed by atoms with van der Waals surface area (Å²) in [7, 11) is 1.62. The number of hydrogen-bond donors (Lipinski definition) is 0. The molecule has 0 fully saturated rings. The Hall–Kier alpha value is -2.26. The average molecular weight is 314 g/mol. The summed E-state index contributed by atoms with van der Waals surface area (Å²) in [6.45, 7) is 3.95. The predicted octanol–water partition coefficient (Wildman–Crippen LogP) is 4.70. The van der Waals surface area contributed by atoms with Gasteiger partial charge in [-0.3, -0.25) is 4.79 Å². The van der Waals surface area contributed by atoms with Crippen LogP contribution in [0.5, 0.6) is 5.75 Å². The molecule has 0 aliphatic rings. The van der Waals surface area contributed by atoms with Gasteiger partial charge < -0.3 is 9.14 Å². The maximum atomic E-state index is 11.6. The number of fused-ring (bicyclic) bond motifs is 1. The molecule has 0 atom stereocenters. The number of carbonyl (C=O) groups excluding carboxylic acids is 1. The summed E-state index contributed by atoms with van der Waals surface area (Å²) < 4.78 is 7.37. The molecule has 22 heavy (non-hydrogen) atoms. The average Bonchev–Trinajstić information content (AvgIpc) is 2.89. The van der Waals surface area contributed by atoms with Gasteiger partial charge in [-0.05, 0) is 49.2 Å². The third kappa shape index (κ3) is 2.18. The standard InChI is InChI=1S/C18H16ClNO2/c1-11-5-4-6-20-16(11)9-13(17(20)10-21)14-8-15(19)12(2)7-18(14)22-3/h4-10H,1-3H3. The molecule has 0 saturated carbocycles. The molecular formula is C18H16ClNO2. The molecule has 3 aromatic rings. The van der Waals surface area contributed by atoms with Gasteiger partial charge in [-0.1, -0.05) is 17.7 Å². The minimum Gasteiger partial charge on any atom is -0.496 e. The molecule has 3 rings (SSSR count). The smallest absolute Gasteiger partial charge is 0.167 e. The Morgan fingerprint density at radius 3 is 2.59 bits per heavy atom. The monoisotopic (exact) mass is 313 g/mol. The lowest BCUT2D eigenvalue weighted by Crippen LogP contribution is -1.95. The number of carbonyl (C=O) groups is 1. The number of aldehydes is 1. The van der Waals surface area contributed by atoms with Gasteiger partial charge in [-0.2, -0.15) is 0 Å². The molecule has 0 unspecified atom stereocenters. The number of ether oxygens (including phenoxy) is 1. The third-order valence-electron chi connectivity index (χ3n) is 3.94. The van der Waals surface area contributed by atoms with E-state index in [2.05, 4.69) is 0 Å². The van der Waals surface area contributed by atoms with Crippen molar-refractivity contribution in [3.05, 3.63) is 58.4 Å². The van der Waals surface area contributed by atoms with Gasteiger partial charge in [0.15, 0.2) is 6.29 Å². The number of halogens is 1. The number of aryl methyl sites for hydroxylation is 2. The summed E-state index contributed by atoms with van der Waals surface area (Å²) in [4.78, 5) is 11.6. The number of aromatic nitrogens is 1. The van der Waals surface area contributed by atoms with Crippen molar-refractivity contribution >= 4 is 23.4 Å². The van der Waals surface area contributed by atoms with Crippen LogP contribution in [0.1, 0.15) is 21.6 Å². The summed E-state index contributed by atoms with van der Waals surface area (Å²) in [6.07, 6.45) is 2.76. The van der Waals surface area contributed by atoms with Crippen LogP contribution in [0.3, 0.4) is 0 Å². The quantitative estimate of drug-likeness (QED) is 0.656. The zero-order valence-electron chi connectivity index (χ0n) is 12.7. The number of pyridine rings is 1. The molecule has 112 valence electrons. The second-order valence-electron chi connectivity index (χ2n) is 5.31. The molecule has 0 saturated heterocycles. The molecular weight excluding hydrogens is 298 g/mol. The number of benzene rings is 1. The van der Waals surface area contributed by atoms with Crippen LogP contribution in [0.4, 0.5) is 0 Å². The fourth-order valence-corrected chi connectivity index (χ4v) is 2.90. The van der Waals surface area contributed by atoms with E-state index in [1.54, 1.807) is 7.11 Å². The summed E-state index contributed by atoms with van der Waals surface area (Å²) in [5.41, 5.74) is 5.28. The van der Waals surface area contributed by atoms with E-state index in [1.807, 2.05) is 54.8 Å². The first-order chi connectivity index (χ1) is 10.6. The number of methoxy groups -OCH3 is 1. The molecule has 0 bridgehead atoms. The highest BCUT2D eigenvalue weighted by molar-refractivity contribution is 6.31. The number of rotatable bonds is 3. The molecule has 4 heteroatoms. The van der Waals surface area contributed by atoms with Crippen LogP contribution >= 0.6 is 11.6 Å². The van der Waals surface area contributed by atoms with Gasteiger partial charge in [-0.15, -0.1) is 0 Å². The second kappa shape index (κ2) is 5.50. The first-order valence-corrected chi connectivity index (χ1v) is 7.35. The fraction of sp³-hybridized carbons (Fsp3) is 0.167. The first-order valence-electron chi connectivity index (χ1n) is 6.97. The van der Waals surface area contributed by atoms with Crippen molar-refractivity contribution in [3.8, 4) is 16.9 Å². The van der Waals surface area contributed by atoms with Crippen LogP contribution in [-0.4, -0.2) is 17.8 Å². The SMILES string of the molecule is COc1cc(C)c(Cl)cc1-c1cc2c(C)cccn2c1C=O. The normalized spacial score (nSPS) is 10.9. The molecule has 1 aromatic carbocycles. The van der Waals surface area contributed by atoms with E-state index in [9.17, 15) is 4.79 Å². The molecule has 0 N–H and O–H groups in total. The van der Waals surface area contributed by atoms with Crippen molar-refractivity contribution in [1.82, 2.24) is 4.40 Å². The van der Waals surface area contributed by atoms with Gasteiger partial charge in [0, 0.05) is 27.9 Å². The third-order valence-corrected chi connectivity index (χ3v) is 4.35. The number of hydrogen-bond acceptors (Lipinski definition) is 2. The Bertz CT molecular complexity index is 880. The summed E-state index contributed by atoms with van der Waals surface area (Å²) in [5, 5.41) is 0.652. The Balaban J connectivity index is 2.38. The molecule has 0 radical (unpaired) electrons.